The standard InChI is InChI=1S/C29H32N2O/c32-29(25-13-11-24(12-14-25)23-9-5-2-6-10-23)30-18-17-28-26-15-16-27(28)21-31(20-26)19-22-7-3-1-4-8-22/h1-14,26-28H,15-21H2,(H,30,32). The minimum atomic E-state index is 0.0403. The molecular formula is C29H32N2O. The van der Waals surface area contributed by atoms with Crippen LogP contribution in [0.5, 0.6) is 0 Å². The van der Waals surface area contributed by atoms with Crippen LogP contribution >= 0.6 is 0 Å². The van der Waals surface area contributed by atoms with Gasteiger partial charge in [-0.15, -0.1) is 0 Å². The van der Waals surface area contributed by atoms with Crippen molar-refractivity contribution in [2.45, 2.75) is 25.8 Å². The maximum absolute atomic E-state index is 12.6. The summed E-state index contributed by atoms with van der Waals surface area (Å²) in [6, 6.07) is 29.0. The Labute approximate surface area is 191 Å². The zero-order chi connectivity index (χ0) is 21.8. The molecule has 2 aliphatic rings. The molecule has 1 saturated heterocycles. The summed E-state index contributed by atoms with van der Waals surface area (Å²) in [5, 5.41) is 3.17. The van der Waals surface area contributed by atoms with Crippen LogP contribution in [0.1, 0.15) is 35.2 Å². The van der Waals surface area contributed by atoms with Crippen molar-refractivity contribution in [2.24, 2.45) is 17.8 Å². The summed E-state index contributed by atoms with van der Waals surface area (Å²) in [6.07, 6.45) is 3.79. The highest BCUT2D eigenvalue weighted by molar-refractivity contribution is 5.94. The van der Waals surface area contributed by atoms with Crippen molar-refractivity contribution >= 4 is 5.91 Å². The van der Waals surface area contributed by atoms with Crippen LogP contribution in [0, 0.1) is 17.8 Å². The van der Waals surface area contributed by atoms with E-state index in [1.54, 1.807) is 0 Å². The minimum Gasteiger partial charge on any atom is -0.352 e. The van der Waals surface area contributed by atoms with E-state index < -0.39 is 0 Å². The SMILES string of the molecule is O=C(NCCC1C2CCC1CN(Cc1ccccc1)C2)c1ccc(-c2ccccc2)cc1. The highest BCUT2D eigenvalue weighted by Crippen LogP contribution is 2.43. The fourth-order valence-corrected chi connectivity index (χ4v) is 5.77. The summed E-state index contributed by atoms with van der Waals surface area (Å²) in [7, 11) is 0. The smallest absolute Gasteiger partial charge is 0.251 e. The van der Waals surface area contributed by atoms with Gasteiger partial charge in [-0.2, -0.15) is 0 Å². The van der Waals surface area contributed by atoms with E-state index >= 15 is 0 Å². The average molecular weight is 425 g/mol. The van der Waals surface area contributed by atoms with E-state index in [0.29, 0.717) is 0 Å². The summed E-state index contributed by atoms with van der Waals surface area (Å²) < 4.78 is 0. The van der Waals surface area contributed by atoms with Crippen molar-refractivity contribution in [1.29, 1.82) is 0 Å². The van der Waals surface area contributed by atoms with Gasteiger partial charge in [0.15, 0.2) is 0 Å². The molecule has 5 rings (SSSR count). The van der Waals surface area contributed by atoms with Crippen molar-refractivity contribution in [3.63, 3.8) is 0 Å². The van der Waals surface area contributed by atoms with E-state index in [0.717, 1.165) is 48.4 Å². The van der Waals surface area contributed by atoms with Crippen LogP contribution in [0.4, 0.5) is 0 Å². The lowest BCUT2D eigenvalue weighted by atomic mass is 9.82. The second-order valence-corrected chi connectivity index (χ2v) is 9.43. The van der Waals surface area contributed by atoms with E-state index in [1.807, 2.05) is 42.5 Å². The van der Waals surface area contributed by atoms with Gasteiger partial charge in [0.1, 0.15) is 0 Å². The first kappa shape index (κ1) is 21.0. The van der Waals surface area contributed by atoms with Crippen molar-refractivity contribution < 1.29 is 4.79 Å². The van der Waals surface area contributed by atoms with Crippen LogP contribution in [0.25, 0.3) is 11.1 Å². The molecule has 1 amide bonds. The molecule has 0 aromatic heterocycles. The second kappa shape index (κ2) is 9.70. The van der Waals surface area contributed by atoms with Gasteiger partial charge in [-0.3, -0.25) is 9.69 Å². The van der Waals surface area contributed by atoms with Crippen molar-refractivity contribution in [2.75, 3.05) is 19.6 Å². The lowest BCUT2D eigenvalue weighted by Crippen LogP contribution is -2.42. The monoisotopic (exact) mass is 424 g/mol. The number of benzene rings is 3. The fourth-order valence-electron chi connectivity index (χ4n) is 5.77. The minimum absolute atomic E-state index is 0.0403. The fraction of sp³-hybridized carbons (Fsp3) is 0.345. The Hall–Kier alpha value is -2.91. The molecular weight excluding hydrogens is 392 g/mol. The number of piperidine rings is 1. The Morgan fingerprint density at radius 2 is 1.38 bits per heavy atom. The lowest BCUT2D eigenvalue weighted by Gasteiger charge is -2.38. The number of nitrogens with zero attached hydrogens (tertiary/aromatic N) is 1. The van der Waals surface area contributed by atoms with Gasteiger partial charge in [-0.25, -0.2) is 0 Å². The van der Waals surface area contributed by atoms with Crippen molar-refractivity contribution in [1.82, 2.24) is 10.2 Å². The topological polar surface area (TPSA) is 32.3 Å². The van der Waals surface area contributed by atoms with Gasteiger partial charge in [0.05, 0.1) is 0 Å². The number of rotatable bonds is 7. The van der Waals surface area contributed by atoms with E-state index in [4.69, 9.17) is 0 Å². The zero-order valence-electron chi connectivity index (χ0n) is 18.6. The number of fused-ring (bicyclic) bond motifs is 2. The molecule has 2 atom stereocenters. The molecule has 1 N–H and O–H groups in total. The number of nitrogens with one attached hydrogen (secondary N) is 1. The van der Waals surface area contributed by atoms with Crippen molar-refractivity contribution in [3.8, 4) is 11.1 Å². The van der Waals surface area contributed by atoms with Gasteiger partial charge in [-0.05, 0) is 65.8 Å². The maximum Gasteiger partial charge on any atom is 0.251 e. The quantitative estimate of drug-likeness (QED) is 0.533. The summed E-state index contributed by atoms with van der Waals surface area (Å²) in [6.45, 7) is 4.24. The number of carbonyl (C=O) groups is 1. The third-order valence-corrected chi connectivity index (χ3v) is 7.37. The van der Waals surface area contributed by atoms with Gasteiger partial charge < -0.3 is 5.32 Å². The predicted molar refractivity (Wildman–Crippen MR) is 130 cm³/mol. The van der Waals surface area contributed by atoms with E-state index in [9.17, 15) is 4.79 Å². The van der Waals surface area contributed by atoms with Crippen LogP contribution in [-0.2, 0) is 6.54 Å². The molecule has 3 aromatic rings. The molecule has 1 saturated carbocycles. The van der Waals surface area contributed by atoms with E-state index in [-0.39, 0.29) is 5.91 Å². The number of amides is 1. The number of carbonyl (C=O) groups excluding carboxylic acids is 1. The number of hydrogen-bond donors (Lipinski definition) is 1. The Kier molecular flexibility index (Phi) is 6.36. The second-order valence-electron chi connectivity index (χ2n) is 9.43. The highest BCUT2D eigenvalue weighted by atomic mass is 16.1. The highest BCUT2D eigenvalue weighted by Gasteiger charge is 2.41. The molecule has 164 valence electrons. The summed E-state index contributed by atoms with van der Waals surface area (Å²) >= 11 is 0. The van der Waals surface area contributed by atoms with Gasteiger partial charge >= 0.3 is 0 Å². The van der Waals surface area contributed by atoms with Gasteiger partial charge in [-0.1, -0.05) is 72.8 Å². The van der Waals surface area contributed by atoms with Crippen LogP contribution in [0.2, 0.25) is 0 Å². The number of likely N-dealkylation sites (tertiary alicyclic amines) is 1. The molecule has 0 radical (unpaired) electrons. The number of hydrogen-bond acceptors (Lipinski definition) is 2. The zero-order valence-corrected chi connectivity index (χ0v) is 18.6. The third kappa shape index (κ3) is 4.78. The predicted octanol–water partition coefficient (Wildman–Crippen LogP) is 5.63. The molecule has 0 spiro atoms. The molecule has 2 fully saturated rings. The van der Waals surface area contributed by atoms with Gasteiger partial charge in [0, 0.05) is 31.7 Å². The van der Waals surface area contributed by atoms with E-state index in [2.05, 4.69) is 52.7 Å². The summed E-state index contributed by atoms with van der Waals surface area (Å²) in [5.41, 5.74) is 4.47. The Balaban J connectivity index is 1.11. The molecule has 3 heteroatoms. The van der Waals surface area contributed by atoms with E-state index in [1.165, 1.54) is 37.1 Å². The van der Waals surface area contributed by atoms with Crippen LogP contribution in [0.3, 0.4) is 0 Å². The Morgan fingerprint density at radius 1 is 0.781 bits per heavy atom. The molecule has 32 heavy (non-hydrogen) atoms. The Morgan fingerprint density at radius 3 is 2.03 bits per heavy atom. The molecule has 1 aliphatic heterocycles. The average Bonchev–Trinajstić information content (AvgIpc) is 3.08. The first-order valence-electron chi connectivity index (χ1n) is 12.0. The molecule has 2 bridgehead atoms. The summed E-state index contributed by atoms with van der Waals surface area (Å²) in [4.78, 5) is 15.3. The normalized spacial score (nSPS) is 22.6. The molecule has 3 aromatic carbocycles. The summed E-state index contributed by atoms with van der Waals surface area (Å²) in [5.74, 6) is 2.35. The molecule has 3 nitrogen and oxygen atoms in total. The third-order valence-electron chi connectivity index (χ3n) is 7.37. The van der Waals surface area contributed by atoms with Gasteiger partial charge in [0.2, 0.25) is 0 Å². The maximum atomic E-state index is 12.6. The molecule has 1 heterocycles. The van der Waals surface area contributed by atoms with Gasteiger partial charge in [0.25, 0.3) is 5.91 Å². The van der Waals surface area contributed by atoms with Crippen molar-refractivity contribution in [3.05, 3.63) is 96.1 Å². The van der Waals surface area contributed by atoms with Crippen LogP contribution < -0.4 is 5.32 Å². The first-order valence-corrected chi connectivity index (χ1v) is 12.0. The van der Waals surface area contributed by atoms with Crippen LogP contribution in [0.15, 0.2) is 84.9 Å². The molecule has 2 unspecified atom stereocenters. The Bertz CT molecular complexity index is 1000. The first-order chi connectivity index (χ1) is 15.8. The molecule has 1 aliphatic carbocycles. The van der Waals surface area contributed by atoms with Crippen LogP contribution in [-0.4, -0.2) is 30.4 Å². The largest absolute Gasteiger partial charge is 0.352 e. The lowest BCUT2D eigenvalue weighted by molar-refractivity contribution is 0.0894.